The van der Waals surface area contributed by atoms with Crippen LogP contribution in [0.15, 0.2) is 29.5 Å². The molecule has 2 N–H and O–H groups in total. The maximum atomic E-state index is 4.55. The van der Waals surface area contributed by atoms with Crippen LogP contribution in [-0.4, -0.2) is 33.8 Å². The molecular formula is C17H26N6. The standard InChI is InChI=1S/C17H26N6/c1-5-18-17(20-11-16-21-12-22-23(16)4)19-7-6-15-9-13(2)8-14(3)10-15/h8-10,12H,5-7,11H2,1-4H3,(H2,18,19,20). The van der Waals surface area contributed by atoms with E-state index in [1.54, 1.807) is 11.0 Å². The number of aromatic nitrogens is 3. The molecule has 0 spiro atoms. The Hall–Kier alpha value is -2.37. The van der Waals surface area contributed by atoms with Crippen molar-refractivity contribution in [2.24, 2.45) is 12.0 Å². The van der Waals surface area contributed by atoms with Crippen molar-refractivity contribution < 1.29 is 0 Å². The quantitative estimate of drug-likeness (QED) is 0.629. The van der Waals surface area contributed by atoms with Gasteiger partial charge >= 0.3 is 0 Å². The highest BCUT2D eigenvalue weighted by atomic mass is 15.3. The van der Waals surface area contributed by atoms with Crippen LogP contribution in [0.2, 0.25) is 0 Å². The van der Waals surface area contributed by atoms with Crippen molar-refractivity contribution in [1.82, 2.24) is 25.4 Å². The van der Waals surface area contributed by atoms with Gasteiger partial charge in [0, 0.05) is 20.1 Å². The van der Waals surface area contributed by atoms with Crippen LogP contribution in [0.25, 0.3) is 0 Å². The highest BCUT2D eigenvalue weighted by Gasteiger charge is 2.02. The molecule has 23 heavy (non-hydrogen) atoms. The summed E-state index contributed by atoms with van der Waals surface area (Å²) in [6.07, 6.45) is 2.52. The maximum absolute atomic E-state index is 4.55. The summed E-state index contributed by atoms with van der Waals surface area (Å²) in [5, 5.41) is 10.7. The summed E-state index contributed by atoms with van der Waals surface area (Å²) in [4.78, 5) is 8.74. The number of aliphatic imine (C=N–C) groups is 1. The number of benzene rings is 1. The molecule has 0 saturated carbocycles. The molecule has 1 aromatic carbocycles. The summed E-state index contributed by atoms with van der Waals surface area (Å²) in [6, 6.07) is 6.67. The summed E-state index contributed by atoms with van der Waals surface area (Å²) in [5.41, 5.74) is 3.96. The van der Waals surface area contributed by atoms with Crippen molar-refractivity contribution in [3.05, 3.63) is 47.0 Å². The van der Waals surface area contributed by atoms with Gasteiger partial charge in [0.25, 0.3) is 0 Å². The molecule has 2 aromatic rings. The molecule has 1 aromatic heterocycles. The molecule has 2 rings (SSSR count). The number of guanidine groups is 1. The van der Waals surface area contributed by atoms with Gasteiger partial charge in [0.05, 0.1) is 0 Å². The van der Waals surface area contributed by atoms with Crippen molar-refractivity contribution in [3.63, 3.8) is 0 Å². The number of nitrogens with one attached hydrogen (secondary N) is 2. The SMILES string of the molecule is CCNC(=NCc1ncnn1C)NCCc1cc(C)cc(C)c1. The van der Waals surface area contributed by atoms with E-state index in [1.165, 1.54) is 16.7 Å². The van der Waals surface area contributed by atoms with Crippen LogP contribution in [0.5, 0.6) is 0 Å². The van der Waals surface area contributed by atoms with E-state index in [0.717, 1.165) is 31.3 Å². The number of nitrogens with zero attached hydrogens (tertiary/aromatic N) is 4. The predicted molar refractivity (Wildman–Crippen MR) is 93.4 cm³/mol. The van der Waals surface area contributed by atoms with Crippen molar-refractivity contribution in [3.8, 4) is 0 Å². The van der Waals surface area contributed by atoms with Crippen molar-refractivity contribution in [2.45, 2.75) is 33.7 Å². The van der Waals surface area contributed by atoms with Crippen LogP contribution in [0.3, 0.4) is 0 Å². The lowest BCUT2D eigenvalue weighted by atomic mass is 10.1. The molecule has 6 heteroatoms. The minimum atomic E-state index is 0.509. The Morgan fingerprint density at radius 2 is 1.91 bits per heavy atom. The summed E-state index contributed by atoms with van der Waals surface area (Å²) < 4.78 is 1.74. The third kappa shape index (κ3) is 5.39. The van der Waals surface area contributed by atoms with Gasteiger partial charge in [0.1, 0.15) is 18.7 Å². The van der Waals surface area contributed by atoms with Gasteiger partial charge in [0.15, 0.2) is 5.96 Å². The van der Waals surface area contributed by atoms with E-state index in [2.05, 4.69) is 64.7 Å². The Morgan fingerprint density at radius 1 is 1.17 bits per heavy atom. The highest BCUT2D eigenvalue weighted by Crippen LogP contribution is 2.08. The van der Waals surface area contributed by atoms with Crippen molar-refractivity contribution >= 4 is 5.96 Å². The van der Waals surface area contributed by atoms with Gasteiger partial charge in [-0.2, -0.15) is 5.10 Å². The molecule has 0 radical (unpaired) electrons. The first kappa shape index (κ1) is 17.0. The molecule has 0 aliphatic rings. The van der Waals surface area contributed by atoms with Gasteiger partial charge in [-0.25, -0.2) is 9.98 Å². The van der Waals surface area contributed by atoms with Crippen LogP contribution < -0.4 is 10.6 Å². The summed E-state index contributed by atoms with van der Waals surface area (Å²) >= 11 is 0. The van der Waals surface area contributed by atoms with Gasteiger partial charge in [-0.05, 0) is 32.8 Å². The predicted octanol–water partition coefficient (Wildman–Crippen LogP) is 1.73. The van der Waals surface area contributed by atoms with E-state index in [1.807, 2.05) is 7.05 Å². The van der Waals surface area contributed by atoms with Crippen LogP contribution in [0.1, 0.15) is 29.4 Å². The molecule has 0 unspecified atom stereocenters. The zero-order valence-electron chi connectivity index (χ0n) is 14.4. The summed E-state index contributed by atoms with van der Waals surface area (Å²) in [5.74, 6) is 1.65. The van der Waals surface area contributed by atoms with Crippen LogP contribution in [0, 0.1) is 13.8 Å². The van der Waals surface area contributed by atoms with Crippen LogP contribution >= 0.6 is 0 Å². The number of rotatable bonds is 6. The summed E-state index contributed by atoms with van der Waals surface area (Å²) in [7, 11) is 1.87. The highest BCUT2D eigenvalue weighted by molar-refractivity contribution is 5.79. The average molecular weight is 314 g/mol. The van der Waals surface area contributed by atoms with Gasteiger partial charge in [-0.15, -0.1) is 0 Å². The van der Waals surface area contributed by atoms with Gasteiger partial charge in [-0.1, -0.05) is 29.3 Å². The number of aryl methyl sites for hydroxylation is 3. The smallest absolute Gasteiger partial charge is 0.191 e. The normalized spacial score (nSPS) is 11.6. The van der Waals surface area contributed by atoms with Crippen molar-refractivity contribution in [1.29, 1.82) is 0 Å². The first-order chi connectivity index (χ1) is 11.1. The van der Waals surface area contributed by atoms with E-state index in [9.17, 15) is 0 Å². The molecule has 0 aliphatic heterocycles. The topological polar surface area (TPSA) is 67.1 Å². The zero-order chi connectivity index (χ0) is 16.7. The monoisotopic (exact) mass is 314 g/mol. The Morgan fingerprint density at radius 3 is 2.52 bits per heavy atom. The van der Waals surface area contributed by atoms with Crippen LogP contribution in [0.4, 0.5) is 0 Å². The molecule has 1 heterocycles. The Kier molecular flexibility index (Phi) is 6.14. The molecule has 0 aliphatic carbocycles. The van der Waals surface area contributed by atoms with E-state index in [-0.39, 0.29) is 0 Å². The second-order valence-electron chi connectivity index (χ2n) is 5.67. The molecule has 124 valence electrons. The van der Waals surface area contributed by atoms with Gasteiger partial charge < -0.3 is 10.6 Å². The zero-order valence-corrected chi connectivity index (χ0v) is 14.4. The second kappa shape index (κ2) is 8.31. The third-order valence-corrected chi connectivity index (χ3v) is 3.52. The lowest BCUT2D eigenvalue weighted by Crippen LogP contribution is -2.38. The Labute approximate surface area is 138 Å². The largest absolute Gasteiger partial charge is 0.357 e. The minimum Gasteiger partial charge on any atom is -0.357 e. The number of hydrogen-bond donors (Lipinski definition) is 2. The van der Waals surface area contributed by atoms with E-state index >= 15 is 0 Å². The van der Waals surface area contributed by atoms with E-state index in [4.69, 9.17) is 0 Å². The summed E-state index contributed by atoms with van der Waals surface area (Å²) in [6.45, 7) is 8.51. The van der Waals surface area contributed by atoms with E-state index in [0.29, 0.717) is 6.54 Å². The molecule has 6 nitrogen and oxygen atoms in total. The lowest BCUT2D eigenvalue weighted by Gasteiger charge is -2.11. The fraction of sp³-hybridized carbons (Fsp3) is 0.471. The molecule has 0 atom stereocenters. The third-order valence-electron chi connectivity index (χ3n) is 3.52. The molecule has 0 fully saturated rings. The molecule has 0 bridgehead atoms. The molecule has 0 saturated heterocycles. The average Bonchev–Trinajstić information content (AvgIpc) is 2.89. The molecule has 0 amide bonds. The van der Waals surface area contributed by atoms with Gasteiger partial charge in [-0.3, -0.25) is 4.68 Å². The molecular weight excluding hydrogens is 288 g/mol. The Bertz CT molecular complexity index is 639. The fourth-order valence-corrected chi connectivity index (χ4v) is 2.49. The lowest BCUT2D eigenvalue weighted by molar-refractivity contribution is 0.697. The minimum absolute atomic E-state index is 0.509. The van der Waals surface area contributed by atoms with Gasteiger partial charge in [0.2, 0.25) is 0 Å². The fourth-order valence-electron chi connectivity index (χ4n) is 2.49. The van der Waals surface area contributed by atoms with Crippen molar-refractivity contribution in [2.75, 3.05) is 13.1 Å². The Balaban J connectivity index is 1.90. The first-order valence-electron chi connectivity index (χ1n) is 8.00. The second-order valence-corrected chi connectivity index (χ2v) is 5.67. The van der Waals surface area contributed by atoms with Crippen LogP contribution in [-0.2, 0) is 20.0 Å². The first-order valence-corrected chi connectivity index (χ1v) is 8.00. The number of hydrogen-bond acceptors (Lipinski definition) is 3. The maximum Gasteiger partial charge on any atom is 0.191 e. The van der Waals surface area contributed by atoms with E-state index < -0.39 is 0 Å².